The molecule has 1 aromatic heterocycles. The number of aromatic nitrogens is 2. The van der Waals surface area contributed by atoms with E-state index in [1.165, 1.54) is 0 Å². The summed E-state index contributed by atoms with van der Waals surface area (Å²) in [5, 5.41) is 5.52. The smallest absolute Gasteiger partial charge is 0.243 e. The fraction of sp³-hybridized carbons (Fsp3) is 0.267. The van der Waals surface area contributed by atoms with Crippen LogP contribution in [0.15, 0.2) is 43.0 Å². The Bertz CT molecular complexity index is 634. The van der Waals surface area contributed by atoms with Crippen molar-refractivity contribution in [1.82, 2.24) is 20.2 Å². The lowest BCUT2D eigenvalue weighted by Crippen LogP contribution is -2.50. The molecule has 21 heavy (non-hydrogen) atoms. The molecule has 6 nitrogen and oxygen atoms in total. The normalized spacial score (nSPS) is 18.6. The molecule has 1 aromatic carbocycles. The van der Waals surface area contributed by atoms with Gasteiger partial charge in [-0.15, -0.1) is 0 Å². The minimum Gasteiger partial charge on any atom is -0.306 e. The highest BCUT2D eigenvalue weighted by atomic mass is 16.2. The van der Waals surface area contributed by atoms with Crippen LogP contribution in [0.1, 0.15) is 18.4 Å². The van der Waals surface area contributed by atoms with E-state index in [0.717, 1.165) is 11.3 Å². The second kappa shape index (κ2) is 5.88. The number of benzene rings is 1. The summed E-state index contributed by atoms with van der Waals surface area (Å²) in [5.74, 6) is -0.427. The van der Waals surface area contributed by atoms with E-state index in [2.05, 4.69) is 15.6 Å². The number of nitrogens with one attached hydrogen (secondary N) is 2. The number of rotatable bonds is 4. The van der Waals surface area contributed by atoms with Gasteiger partial charge in [0.2, 0.25) is 11.8 Å². The van der Waals surface area contributed by atoms with E-state index < -0.39 is 0 Å². The summed E-state index contributed by atoms with van der Waals surface area (Å²) in [6.07, 6.45) is 6.31. The number of imidazole rings is 1. The molecule has 1 atom stereocenters. The van der Waals surface area contributed by atoms with Gasteiger partial charge in [0.15, 0.2) is 0 Å². The van der Waals surface area contributed by atoms with Crippen molar-refractivity contribution in [3.8, 4) is 5.69 Å². The molecule has 2 heterocycles. The van der Waals surface area contributed by atoms with Crippen LogP contribution >= 0.6 is 0 Å². The maximum atomic E-state index is 11.6. The van der Waals surface area contributed by atoms with E-state index in [1.54, 1.807) is 12.5 Å². The largest absolute Gasteiger partial charge is 0.306 e. The van der Waals surface area contributed by atoms with Crippen LogP contribution in [0.2, 0.25) is 0 Å². The lowest BCUT2D eigenvalue weighted by Gasteiger charge is -2.21. The Hall–Kier alpha value is -2.47. The Kier molecular flexibility index (Phi) is 3.79. The van der Waals surface area contributed by atoms with E-state index in [0.29, 0.717) is 19.4 Å². The van der Waals surface area contributed by atoms with E-state index in [4.69, 9.17) is 0 Å². The molecule has 2 aromatic rings. The van der Waals surface area contributed by atoms with E-state index in [9.17, 15) is 9.59 Å². The molecule has 6 heteroatoms. The van der Waals surface area contributed by atoms with Gasteiger partial charge in [-0.3, -0.25) is 14.9 Å². The molecule has 2 N–H and O–H groups in total. The molecule has 0 spiro atoms. The molecule has 2 amide bonds. The first-order chi connectivity index (χ1) is 10.2. The fourth-order valence-electron chi connectivity index (χ4n) is 2.33. The molecule has 1 saturated heterocycles. The van der Waals surface area contributed by atoms with Gasteiger partial charge in [-0.25, -0.2) is 4.98 Å². The number of piperidine rings is 1. The summed E-state index contributed by atoms with van der Waals surface area (Å²) in [6, 6.07) is 7.73. The van der Waals surface area contributed by atoms with Crippen molar-refractivity contribution in [2.45, 2.75) is 25.4 Å². The van der Waals surface area contributed by atoms with Crippen molar-refractivity contribution in [1.29, 1.82) is 0 Å². The van der Waals surface area contributed by atoms with E-state index in [1.807, 2.05) is 35.0 Å². The summed E-state index contributed by atoms with van der Waals surface area (Å²) in [7, 11) is 0. The second-order valence-electron chi connectivity index (χ2n) is 5.02. The van der Waals surface area contributed by atoms with Crippen molar-refractivity contribution >= 4 is 11.8 Å². The second-order valence-corrected chi connectivity index (χ2v) is 5.02. The molecular formula is C15H16N4O2. The molecule has 0 radical (unpaired) electrons. The molecule has 0 aliphatic carbocycles. The number of carbonyl (C=O) groups excluding carboxylic acids is 2. The molecule has 0 bridgehead atoms. The van der Waals surface area contributed by atoms with Crippen molar-refractivity contribution in [2.75, 3.05) is 0 Å². The molecule has 1 unspecified atom stereocenters. The average molecular weight is 284 g/mol. The van der Waals surface area contributed by atoms with Crippen LogP contribution in [-0.4, -0.2) is 27.4 Å². The summed E-state index contributed by atoms with van der Waals surface area (Å²) < 4.78 is 1.93. The van der Waals surface area contributed by atoms with Crippen LogP contribution in [0.4, 0.5) is 0 Å². The molecular weight excluding hydrogens is 268 g/mol. The average Bonchev–Trinajstić information content (AvgIpc) is 3.01. The van der Waals surface area contributed by atoms with Crippen LogP contribution in [-0.2, 0) is 16.1 Å². The Labute approximate surface area is 122 Å². The SMILES string of the molecule is O=C1CCC(NCc2ccc(-n3ccnc3)cc2)C(=O)N1. The highest BCUT2D eigenvalue weighted by Gasteiger charge is 2.25. The Balaban J connectivity index is 1.58. The molecule has 0 saturated carbocycles. The van der Waals surface area contributed by atoms with Crippen molar-refractivity contribution in [3.63, 3.8) is 0 Å². The van der Waals surface area contributed by atoms with Gasteiger partial charge in [-0.05, 0) is 24.1 Å². The highest BCUT2D eigenvalue weighted by Crippen LogP contribution is 2.10. The van der Waals surface area contributed by atoms with Gasteiger partial charge in [-0.2, -0.15) is 0 Å². The zero-order valence-electron chi connectivity index (χ0n) is 11.5. The van der Waals surface area contributed by atoms with Gasteiger partial charge < -0.3 is 9.88 Å². The van der Waals surface area contributed by atoms with E-state index >= 15 is 0 Å². The number of carbonyl (C=O) groups is 2. The summed E-state index contributed by atoms with van der Waals surface area (Å²) in [6.45, 7) is 0.594. The van der Waals surface area contributed by atoms with Gasteiger partial charge in [0.1, 0.15) is 0 Å². The third-order valence-corrected chi connectivity index (χ3v) is 3.53. The molecule has 108 valence electrons. The van der Waals surface area contributed by atoms with Gasteiger partial charge in [0.05, 0.1) is 12.4 Å². The predicted octanol–water partition coefficient (Wildman–Crippen LogP) is 0.767. The van der Waals surface area contributed by atoms with Crippen molar-refractivity contribution in [2.24, 2.45) is 0 Å². The molecule has 3 rings (SSSR count). The predicted molar refractivity (Wildman–Crippen MR) is 76.6 cm³/mol. The van der Waals surface area contributed by atoms with E-state index in [-0.39, 0.29) is 17.9 Å². The zero-order chi connectivity index (χ0) is 14.7. The summed E-state index contributed by atoms with van der Waals surface area (Å²) in [4.78, 5) is 26.7. The first kappa shape index (κ1) is 13.5. The monoisotopic (exact) mass is 284 g/mol. The number of nitrogens with zero attached hydrogens (tertiary/aromatic N) is 2. The minimum atomic E-state index is -0.295. The number of hydrogen-bond acceptors (Lipinski definition) is 4. The Morgan fingerprint density at radius 2 is 2.10 bits per heavy atom. The van der Waals surface area contributed by atoms with Crippen molar-refractivity contribution < 1.29 is 9.59 Å². The van der Waals surface area contributed by atoms with Crippen LogP contribution in [0.3, 0.4) is 0 Å². The third kappa shape index (κ3) is 3.17. The summed E-state index contributed by atoms with van der Waals surface area (Å²) in [5.41, 5.74) is 2.13. The Morgan fingerprint density at radius 3 is 2.76 bits per heavy atom. The molecule has 1 fully saturated rings. The first-order valence-electron chi connectivity index (χ1n) is 6.87. The third-order valence-electron chi connectivity index (χ3n) is 3.53. The minimum absolute atomic E-state index is 0.192. The van der Waals surface area contributed by atoms with Gasteiger partial charge in [-0.1, -0.05) is 12.1 Å². The number of hydrogen-bond donors (Lipinski definition) is 2. The zero-order valence-corrected chi connectivity index (χ0v) is 11.5. The Morgan fingerprint density at radius 1 is 1.29 bits per heavy atom. The fourth-order valence-corrected chi connectivity index (χ4v) is 2.33. The van der Waals surface area contributed by atoms with Gasteiger partial charge >= 0.3 is 0 Å². The van der Waals surface area contributed by atoms with Crippen LogP contribution < -0.4 is 10.6 Å². The van der Waals surface area contributed by atoms with Gasteiger partial charge in [0.25, 0.3) is 0 Å². The topological polar surface area (TPSA) is 76.0 Å². The summed E-state index contributed by atoms with van der Waals surface area (Å²) >= 11 is 0. The lowest BCUT2D eigenvalue weighted by atomic mass is 10.1. The van der Waals surface area contributed by atoms with Crippen molar-refractivity contribution in [3.05, 3.63) is 48.5 Å². The number of amides is 2. The highest BCUT2D eigenvalue weighted by molar-refractivity contribution is 6.00. The van der Waals surface area contributed by atoms with Crippen LogP contribution in [0, 0.1) is 0 Å². The standard InChI is InChI=1S/C15H16N4O2/c20-14-6-5-13(15(21)18-14)17-9-11-1-3-12(4-2-11)19-8-7-16-10-19/h1-4,7-8,10,13,17H,5-6,9H2,(H,18,20,21). The van der Waals surface area contributed by atoms with Crippen LogP contribution in [0.5, 0.6) is 0 Å². The quantitative estimate of drug-likeness (QED) is 0.813. The molecule has 1 aliphatic rings. The van der Waals surface area contributed by atoms with Gasteiger partial charge in [0, 0.05) is 31.0 Å². The lowest BCUT2D eigenvalue weighted by molar-refractivity contribution is -0.134. The molecule has 1 aliphatic heterocycles. The van der Waals surface area contributed by atoms with Crippen LogP contribution in [0.25, 0.3) is 5.69 Å². The maximum absolute atomic E-state index is 11.6. The first-order valence-corrected chi connectivity index (χ1v) is 6.87. The maximum Gasteiger partial charge on any atom is 0.243 e. The number of imide groups is 1.